The smallest absolute Gasteiger partial charge is 0.234 e. The number of rotatable bonds is 6. The molecule has 2 aliphatic rings. The van der Waals surface area contributed by atoms with Gasteiger partial charge in [0.25, 0.3) is 0 Å². The summed E-state index contributed by atoms with van der Waals surface area (Å²) < 4.78 is 19.5. The van der Waals surface area contributed by atoms with Crippen molar-refractivity contribution in [1.29, 1.82) is 0 Å². The third kappa shape index (κ3) is 4.98. The molecule has 1 saturated carbocycles. The lowest BCUT2D eigenvalue weighted by Crippen LogP contribution is -2.59. The highest BCUT2D eigenvalue weighted by Gasteiger charge is 2.47. The second-order valence-corrected chi connectivity index (χ2v) is 8.07. The van der Waals surface area contributed by atoms with Gasteiger partial charge < -0.3 is 25.8 Å². The average Bonchev–Trinajstić information content (AvgIpc) is 3.08. The van der Waals surface area contributed by atoms with E-state index in [1.54, 1.807) is 12.1 Å². The Morgan fingerprint density at radius 3 is 2.55 bits per heavy atom. The monoisotopic (exact) mass is 428 g/mol. The van der Waals surface area contributed by atoms with Crippen LogP contribution >= 0.6 is 0 Å². The number of aliphatic hydroxyl groups is 1. The van der Waals surface area contributed by atoms with E-state index in [0.29, 0.717) is 12.2 Å². The number of para-hydroxylation sites is 1. The van der Waals surface area contributed by atoms with Crippen LogP contribution in [0, 0.1) is 5.82 Å². The van der Waals surface area contributed by atoms with Gasteiger partial charge in [-0.2, -0.15) is 0 Å². The number of anilines is 1. The van der Waals surface area contributed by atoms with Crippen LogP contribution in [0.15, 0.2) is 54.6 Å². The van der Waals surface area contributed by atoms with E-state index >= 15 is 0 Å². The minimum atomic E-state index is -0.824. The Bertz CT molecular complexity index is 876. The zero-order chi connectivity index (χ0) is 21.8. The molecule has 8 heteroatoms. The van der Waals surface area contributed by atoms with E-state index in [1.807, 2.05) is 18.2 Å². The van der Waals surface area contributed by atoms with Gasteiger partial charge in [0.05, 0.1) is 18.6 Å². The number of ether oxygens (including phenoxy) is 1. The molecule has 1 amide bonds. The summed E-state index contributed by atoms with van der Waals surface area (Å²) in [6.07, 6.45) is -0.955. The van der Waals surface area contributed by atoms with Gasteiger partial charge in [0, 0.05) is 44.4 Å². The van der Waals surface area contributed by atoms with E-state index in [9.17, 15) is 14.3 Å². The maximum Gasteiger partial charge on any atom is 0.234 e. The van der Waals surface area contributed by atoms with Gasteiger partial charge >= 0.3 is 0 Å². The van der Waals surface area contributed by atoms with Gasteiger partial charge in [-0.05, 0) is 24.3 Å². The third-order valence-electron chi connectivity index (χ3n) is 6.10. The maximum absolute atomic E-state index is 13.6. The van der Waals surface area contributed by atoms with Crippen molar-refractivity contribution in [2.45, 2.75) is 30.7 Å². The van der Waals surface area contributed by atoms with Crippen molar-refractivity contribution in [2.24, 2.45) is 5.73 Å². The number of hydrogen-bond acceptors (Lipinski definition) is 6. The average molecular weight is 429 g/mol. The number of carbonyl (C=O) groups excluding carboxylic acids is 1. The zero-order valence-corrected chi connectivity index (χ0v) is 17.4. The van der Waals surface area contributed by atoms with E-state index in [-0.39, 0.29) is 24.5 Å². The SMILES string of the molecule is NCC(=O)N[C@@H]1C[C@@H](Oc2cccc(F)c2)[C@H](O)[C@H]1N1CCN(c2ccccc2)CC1. The van der Waals surface area contributed by atoms with Crippen LogP contribution < -0.4 is 20.7 Å². The van der Waals surface area contributed by atoms with E-state index in [4.69, 9.17) is 10.5 Å². The summed E-state index contributed by atoms with van der Waals surface area (Å²) in [7, 11) is 0. The van der Waals surface area contributed by atoms with Gasteiger partial charge in [-0.25, -0.2) is 4.39 Å². The Morgan fingerprint density at radius 1 is 1.13 bits per heavy atom. The normalized spacial score (nSPS) is 26.6. The van der Waals surface area contributed by atoms with Crippen molar-refractivity contribution in [3.63, 3.8) is 0 Å². The molecule has 0 unspecified atom stereocenters. The number of halogens is 1. The number of hydrogen-bond donors (Lipinski definition) is 3. The molecule has 0 spiro atoms. The molecular formula is C23H29FN4O3. The van der Waals surface area contributed by atoms with Crippen molar-refractivity contribution in [2.75, 3.05) is 37.6 Å². The first-order valence-corrected chi connectivity index (χ1v) is 10.7. The Labute approximate surface area is 181 Å². The van der Waals surface area contributed by atoms with E-state index in [1.165, 1.54) is 17.8 Å². The van der Waals surface area contributed by atoms with Crippen molar-refractivity contribution in [3.05, 3.63) is 60.4 Å². The zero-order valence-electron chi connectivity index (χ0n) is 17.4. The largest absolute Gasteiger partial charge is 0.487 e. The van der Waals surface area contributed by atoms with Crippen molar-refractivity contribution >= 4 is 11.6 Å². The predicted molar refractivity (Wildman–Crippen MR) is 116 cm³/mol. The first-order chi connectivity index (χ1) is 15.0. The first-order valence-electron chi connectivity index (χ1n) is 10.7. The van der Waals surface area contributed by atoms with Gasteiger partial charge in [0.1, 0.15) is 23.8 Å². The summed E-state index contributed by atoms with van der Waals surface area (Å²) >= 11 is 0. The summed E-state index contributed by atoms with van der Waals surface area (Å²) in [5.74, 6) is -0.300. The Morgan fingerprint density at radius 2 is 1.87 bits per heavy atom. The van der Waals surface area contributed by atoms with Crippen LogP contribution in [-0.4, -0.2) is 72.9 Å². The van der Waals surface area contributed by atoms with Crippen molar-refractivity contribution in [3.8, 4) is 5.75 Å². The Kier molecular flexibility index (Phi) is 6.70. The number of piperazine rings is 1. The lowest BCUT2D eigenvalue weighted by Gasteiger charge is -2.42. The van der Waals surface area contributed by atoms with Crippen LogP contribution in [-0.2, 0) is 4.79 Å². The molecular weight excluding hydrogens is 399 g/mol. The summed E-state index contributed by atoms with van der Waals surface area (Å²) in [5.41, 5.74) is 6.67. The minimum Gasteiger partial charge on any atom is -0.487 e. The molecule has 4 N–H and O–H groups in total. The third-order valence-corrected chi connectivity index (χ3v) is 6.10. The second-order valence-electron chi connectivity index (χ2n) is 8.07. The standard InChI is InChI=1S/C23H29FN4O3/c24-16-5-4-8-18(13-16)31-20-14-19(26-21(29)15-25)22(23(20)30)28-11-9-27(10-12-28)17-6-2-1-3-7-17/h1-8,13,19-20,22-23,30H,9-12,14-15,25H2,(H,26,29)/t19-,20-,22+,23+/m1/s1. The second kappa shape index (κ2) is 9.64. The van der Waals surface area contributed by atoms with Crippen molar-refractivity contribution in [1.82, 2.24) is 10.2 Å². The molecule has 31 heavy (non-hydrogen) atoms. The van der Waals surface area contributed by atoms with E-state index in [2.05, 4.69) is 27.2 Å². The topological polar surface area (TPSA) is 91.1 Å². The van der Waals surface area contributed by atoms with Gasteiger partial charge in [0.15, 0.2) is 0 Å². The van der Waals surface area contributed by atoms with Crippen LogP contribution in [0.2, 0.25) is 0 Å². The highest BCUT2D eigenvalue weighted by atomic mass is 19.1. The number of nitrogens with one attached hydrogen (secondary N) is 1. The number of nitrogens with zero attached hydrogens (tertiary/aromatic N) is 2. The summed E-state index contributed by atoms with van der Waals surface area (Å²) in [4.78, 5) is 16.5. The molecule has 2 aromatic carbocycles. The molecule has 0 bridgehead atoms. The molecule has 2 aromatic rings. The molecule has 1 aliphatic heterocycles. The first kappa shape index (κ1) is 21.5. The van der Waals surface area contributed by atoms with Crippen LogP contribution in [0.5, 0.6) is 5.75 Å². The van der Waals surface area contributed by atoms with Crippen molar-refractivity contribution < 1.29 is 19.0 Å². The molecule has 166 valence electrons. The van der Waals surface area contributed by atoms with Crippen LogP contribution in [0.4, 0.5) is 10.1 Å². The number of benzene rings is 2. The maximum atomic E-state index is 13.6. The highest BCUT2D eigenvalue weighted by Crippen LogP contribution is 2.31. The molecule has 2 fully saturated rings. The minimum absolute atomic E-state index is 0.115. The Balaban J connectivity index is 1.46. The molecule has 4 atom stereocenters. The molecule has 7 nitrogen and oxygen atoms in total. The Hall–Kier alpha value is -2.68. The van der Waals surface area contributed by atoms with Crippen LogP contribution in [0.3, 0.4) is 0 Å². The van der Waals surface area contributed by atoms with E-state index < -0.39 is 18.0 Å². The number of carbonyl (C=O) groups is 1. The van der Waals surface area contributed by atoms with Gasteiger partial charge in [-0.1, -0.05) is 24.3 Å². The van der Waals surface area contributed by atoms with Crippen LogP contribution in [0.1, 0.15) is 6.42 Å². The lowest BCUT2D eigenvalue weighted by molar-refractivity contribution is -0.120. The molecule has 1 saturated heterocycles. The molecule has 0 aromatic heterocycles. The highest BCUT2D eigenvalue weighted by molar-refractivity contribution is 5.78. The quantitative estimate of drug-likeness (QED) is 0.635. The van der Waals surface area contributed by atoms with Gasteiger partial charge in [-0.3, -0.25) is 9.69 Å². The van der Waals surface area contributed by atoms with Crippen LogP contribution in [0.25, 0.3) is 0 Å². The van der Waals surface area contributed by atoms with Gasteiger partial charge in [0.2, 0.25) is 5.91 Å². The fourth-order valence-corrected chi connectivity index (χ4v) is 4.62. The molecule has 4 rings (SSSR count). The summed E-state index contributed by atoms with van der Waals surface area (Å²) in [5, 5.41) is 14.1. The molecule has 1 aliphatic carbocycles. The number of nitrogens with two attached hydrogens (primary N) is 1. The summed E-state index contributed by atoms with van der Waals surface area (Å²) in [6.45, 7) is 3.02. The van der Waals surface area contributed by atoms with Gasteiger partial charge in [-0.15, -0.1) is 0 Å². The molecule has 0 radical (unpaired) electrons. The summed E-state index contributed by atoms with van der Waals surface area (Å²) in [6, 6.07) is 15.5. The number of aliphatic hydroxyl groups excluding tert-OH is 1. The van der Waals surface area contributed by atoms with E-state index in [0.717, 1.165) is 26.2 Å². The lowest BCUT2D eigenvalue weighted by atomic mass is 10.1. The fraction of sp³-hybridized carbons (Fsp3) is 0.435. The predicted octanol–water partition coefficient (Wildman–Crippen LogP) is 0.972. The molecule has 1 heterocycles. The number of amides is 1. The fourth-order valence-electron chi connectivity index (χ4n) is 4.62.